The van der Waals surface area contributed by atoms with Gasteiger partial charge >= 0.3 is 0 Å². The third-order valence-electron chi connectivity index (χ3n) is 3.71. The van der Waals surface area contributed by atoms with E-state index in [0.717, 1.165) is 5.56 Å². The van der Waals surface area contributed by atoms with Gasteiger partial charge in [-0.25, -0.2) is 0 Å². The molecule has 0 aromatic heterocycles. The van der Waals surface area contributed by atoms with Crippen molar-refractivity contribution < 1.29 is 14.6 Å². The van der Waals surface area contributed by atoms with Crippen LogP contribution in [-0.2, 0) is 16.8 Å². The Hall–Kier alpha value is -2.44. The summed E-state index contributed by atoms with van der Waals surface area (Å²) in [4.78, 5) is 12.0. The van der Waals surface area contributed by atoms with Gasteiger partial charge < -0.3 is 15.2 Å². The van der Waals surface area contributed by atoms with E-state index in [1.165, 1.54) is 5.56 Å². The van der Waals surface area contributed by atoms with E-state index < -0.39 is 0 Å². The molecule has 138 valence electrons. The van der Waals surface area contributed by atoms with Gasteiger partial charge in [-0.05, 0) is 53.0 Å². The molecule has 0 saturated carbocycles. The number of thiocarbonyl (C=S) groups is 1. The molecule has 0 bridgehead atoms. The molecule has 26 heavy (non-hydrogen) atoms. The Balaban J connectivity index is 1.81. The van der Waals surface area contributed by atoms with Crippen molar-refractivity contribution in [3.8, 4) is 5.75 Å². The lowest BCUT2D eigenvalue weighted by Gasteiger charge is -2.19. The lowest BCUT2D eigenvalue weighted by atomic mass is 9.87. The number of carbonyl (C=O) groups is 1. The van der Waals surface area contributed by atoms with Gasteiger partial charge in [0.15, 0.2) is 11.7 Å². The maximum Gasteiger partial charge on any atom is 0.264 e. The number of aliphatic hydroxyl groups is 1. The molecule has 1 amide bonds. The molecule has 0 unspecified atom stereocenters. The minimum atomic E-state index is -0.347. The molecule has 0 atom stereocenters. The van der Waals surface area contributed by atoms with E-state index in [1.54, 1.807) is 24.3 Å². The van der Waals surface area contributed by atoms with Crippen molar-refractivity contribution in [1.29, 1.82) is 0 Å². The molecule has 0 aliphatic carbocycles. The zero-order valence-electron chi connectivity index (χ0n) is 15.2. The molecule has 0 heterocycles. The maximum atomic E-state index is 12.0. The normalized spacial score (nSPS) is 10.9. The molecule has 3 N–H and O–H groups in total. The van der Waals surface area contributed by atoms with Gasteiger partial charge in [0.1, 0.15) is 5.75 Å². The van der Waals surface area contributed by atoms with E-state index in [-0.39, 0.29) is 29.6 Å². The fraction of sp³-hybridized carbons (Fsp3) is 0.300. The van der Waals surface area contributed by atoms with Crippen molar-refractivity contribution in [3.05, 3.63) is 59.7 Å². The van der Waals surface area contributed by atoms with Crippen molar-refractivity contribution in [2.24, 2.45) is 0 Å². The Bertz CT molecular complexity index is 767. The standard InChI is InChI=1S/C20H24N2O3S/c1-20(2,3)15-7-9-17(10-8-15)25-13-18(24)22-19(26)21-16-6-4-5-14(11-16)12-23/h4-11,23H,12-13H2,1-3H3,(H2,21,22,24,26). The van der Waals surface area contributed by atoms with Gasteiger partial charge in [0.05, 0.1) is 6.61 Å². The van der Waals surface area contributed by atoms with Crippen molar-refractivity contribution >= 4 is 28.9 Å². The first-order chi connectivity index (χ1) is 12.3. The van der Waals surface area contributed by atoms with Gasteiger partial charge in [0.25, 0.3) is 5.91 Å². The van der Waals surface area contributed by atoms with Gasteiger partial charge in [-0.3, -0.25) is 10.1 Å². The Morgan fingerprint density at radius 3 is 2.46 bits per heavy atom. The molecule has 2 aromatic carbocycles. The number of carbonyl (C=O) groups excluding carboxylic acids is 1. The van der Waals surface area contributed by atoms with Crippen LogP contribution in [-0.4, -0.2) is 22.7 Å². The molecule has 0 fully saturated rings. The van der Waals surface area contributed by atoms with E-state index in [0.29, 0.717) is 11.4 Å². The Morgan fingerprint density at radius 2 is 1.85 bits per heavy atom. The number of anilines is 1. The minimum absolute atomic E-state index is 0.0590. The Kier molecular flexibility index (Phi) is 6.71. The van der Waals surface area contributed by atoms with Crippen molar-refractivity contribution in [3.63, 3.8) is 0 Å². The van der Waals surface area contributed by atoms with Crippen LogP contribution in [0, 0.1) is 0 Å². The van der Waals surface area contributed by atoms with Crippen LogP contribution in [0.4, 0.5) is 5.69 Å². The van der Waals surface area contributed by atoms with Crippen LogP contribution < -0.4 is 15.4 Å². The van der Waals surface area contributed by atoms with Crippen LogP contribution >= 0.6 is 12.2 Å². The Morgan fingerprint density at radius 1 is 1.15 bits per heavy atom. The molecule has 0 radical (unpaired) electrons. The number of amides is 1. The summed E-state index contributed by atoms with van der Waals surface area (Å²) in [7, 11) is 0. The summed E-state index contributed by atoms with van der Waals surface area (Å²) >= 11 is 5.12. The van der Waals surface area contributed by atoms with E-state index >= 15 is 0 Å². The molecule has 0 saturated heterocycles. The second kappa shape index (κ2) is 8.78. The first-order valence-corrected chi connectivity index (χ1v) is 8.73. The highest BCUT2D eigenvalue weighted by molar-refractivity contribution is 7.80. The molecule has 0 spiro atoms. The van der Waals surface area contributed by atoms with Crippen LogP contribution in [0.15, 0.2) is 48.5 Å². The fourth-order valence-corrected chi connectivity index (χ4v) is 2.50. The third-order valence-corrected chi connectivity index (χ3v) is 3.91. The highest BCUT2D eigenvalue weighted by Gasteiger charge is 2.13. The molecule has 6 heteroatoms. The van der Waals surface area contributed by atoms with Gasteiger partial charge in [-0.2, -0.15) is 0 Å². The van der Waals surface area contributed by atoms with Gasteiger partial charge in [-0.1, -0.05) is 45.0 Å². The topological polar surface area (TPSA) is 70.6 Å². The molecule has 2 aromatic rings. The summed E-state index contributed by atoms with van der Waals surface area (Å²) in [5.74, 6) is 0.281. The smallest absolute Gasteiger partial charge is 0.264 e. The molecular formula is C20H24N2O3S. The highest BCUT2D eigenvalue weighted by atomic mass is 32.1. The van der Waals surface area contributed by atoms with Crippen LogP contribution in [0.1, 0.15) is 31.9 Å². The highest BCUT2D eigenvalue weighted by Crippen LogP contribution is 2.24. The van der Waals surface area contributed by atoms with Gasteiger partial charge in [-0.15, -0.1) is 0 Å². The van der Waals surface area contributed by atoms with Crippen LogP contribution in [0.5, 0.6) is 5.75 Å². The molecular weight excluding hydrogens is 348 g/mol. The zero-order valence-corrected chi connectivity index (χ0v) is 16.0. The summed E-state index contributed by atoms with van der Waals surface area (Å²) in [6, 6.07) is 14.8. The van der Waals surface area contributed by atoms with E-state index in [4.69, 9.17) is 22.1 Å². The fourth-order valence-electron chi connectivity index (χ4n) is 2.27. The molecule has 5 nitrogen and oxygen atoms in total. The van der Waals surface area contributed by atoms with E-state index in [2.05, 4.69) is 31.4 Å². The summed E-state index contributed by atoms with van der Waals surface area (Å²) < 4.78 is 5.49. The first-order valence-electron chi connectivity index (χ1n) is 8.32. The quantitative estimate of drug-likeness (QED) is 0.702. The molecule has 2 rings (SSSR count). The minimum Gasteiger partial charge on any atom is -0.484 e. The number of ether oxygens (including phenoxy) is 1. The SMILES string of the molecule is CC(C)(C)c1ccc(OCC(=O)NC(=S)Nc2cccc(CO)c2)cc1. The second-order valence-electron chi connectivity index (χ2n) is 6.92. The lowest BCUT2D eigenvalue weighted by molar-refractivity contribution is -0.121. The van der Waals surface area contributed by atoms with Crippen molar-refractivity contribution in [2.45, 2.75) is 32.8 Å². The summed E-state index contributed by atoms with van der Waals surface area (Å²) in [5.41, 5.74) is 2.72. The van der Waals surface area contributed by atoms with Gasteiger partial charge in [0.2, 0.25) is 0 Å². The number of hydrogen-bond donors (Lipinski definition) is 3. The number of rotatable bonds is 5. The molecule has 0 aliphatic heterocycles. The van der Waals surface area contributed by atoms with Crippen LogP contribution in [0.25, 0.3) is 0 Å². The van der Waals surface area contributed by atoms with Crippen LogP contribution in [0.2, 0.25) is 0 Å². The zero-order chi connectivity index (χ0) is 19.2. The van der Waals surface area contributed by atoms with Crippen molar-refractivity contribution in [1.82, 2.24) is 5.32 Å². The summed E-state index contributed by atoms with van der Waals surface area (Å²) in [6.07, 6.45) is 0. The number of nitrogens with one attached hydrogen (secondary N) is 2. The predicted octanol–water partition coefficient (Wildman–Crippen LogP) is 3.37. The predicted molar refractivity (Wildman–Crippen MR) is 107 cm³/mol. The van der Waals surface area contributed by atoms with E-state index in [1.807, 2.05) is 24.3 Å². The lowest BCUT2D eigenvalue weighted by Crippen LogP contribution is -2.37. The van der Waals surface area contributed by atoms with Gasteiger partial charge in [0, 0.05) is 5.69 Å². The largest absolute Gasteiger partial charge is 0.484 e. The number of benzene rings is 2. The second-order valence-corrected chi connectivity index (χ2v) is 7.33. The maximum absolute atomic E-state index is 12.0. The summed E-state index contributed by atoms with van der Waals surface area (Å²) in [6.45, 7) is 6.23. The monoisotopic (exact) mass is 372 g/mol. The number of hydrogen-bond acceptors (Lipinski definition) is 4. The van der Waals surface area contributed by atoms with E-state index in [9.17, 15) is 4.79 Å². The number of aliphatic hydroxyl groups excluding tert-OH is 1. The molecule has 0 aliphatic rings. The first kappa shape index (κ1) is 19.9. The van der Waals surface area contributed by atoms with Crippen LogP contribution in [0.3, 0.4) is 0 Å². The summed E-state index contributed by atoms with van der Waals surface area (Å²) in [5, 5.41) is 14.8. The average Bonchev–Trinajstić information content (AvgIpc) is 2.59. The van der Waals surface area contributed by atoms with Crippen molar-refractivity contribution in [2.75, 3.05) is 11.9 Å². The third kappa shape index (κ3) is 6.13. The average molecular weight is 372 g/mol. The Labute approximate surface area is 159 Å².